The summed E-state index contributed by atoms with van der Waals surface area (Å²) in [5.74, 6) is 0.490. The van der Waals surface area contributed by atoms with Gasteiger partial charge in [0, 0.05) is 13.1 Å². The average Bonchev–Trinajstić information content (AvgIpc) is 2.38. The highest BCUT2D eigenvalue weighted by molar-refractivity contribution is 5.75. The van der Waals surface area contributed by atoms with Gasteiger partial charge in [0.05, 0.1) is 23.7 Å². The highest BCUT2D eigenvalue weighted by Crippen LogP contribution is 2.14. The summed E-state index contributed by atoms with van der Waals surface area (Å²) in [5.41, 5.74) is 1.45. The summed E-state index contributed by atoms with van der Waals surface area (Å²) in [7, 11) is 0. The fourth-order valence-electron chi connectivity index (χ4n) is 2.25. The van der Waals surface area contributed by atoms with Crippen LogP contribution >= 0.6 is 0 Å². The lowest BCUT2D eigenvalue weighted by Crippen LogP contribution is -2.43. The molecule has 0 amide bonds. The molecule has 1 fully saturated rings. The highest BCUT2D eigenvalue weighted by Gasteiger charge is 2.20. The number of morpholine rings is 1. The maximum absolute atomic E-state index is 12.0. The van der Waals surface area contributed by atoms with E-state index in [1.165, 1.54) is 0 Å². The number of para-hydroxylation sites is 2. The van der Waals surface area contributed by atoms with Gasteiger partial charge in [-0.1, -0.05) is 12.1 Å². The zero-order chi connectivity index (χ0) is 12.5. The third-order valence-corrected chi connectivity index (χ3v) is 3.12. The van der Waals surface area contributed by atoms with Gasteiger partial charge in [-0.3, -0.25) is 4.79 Å². The van der Waals surface area contributed by atoms with E-state index < -0.39 is 0 Å². The van der Waals surface area contributed by atoms with Crippen LogP contribution in [-0.4, -0.2) is 35.8 Å². The number of rotatable bonds is 1. The fraction of sp³-hybridized carbons (Fsp3) is 0.385. The minimum absolute atomic E-state index is 0.131. The summed E-state index contributed by atoms with van der Waals surface area (Å²) in [6.07, 6.45) is 0.131. The van der Waals surface area contributed by atoms with Crippen molar-refractivity contribution in [3.05, 3.63) is 34.6 Å². The van der Waals surface area contributed by atoms with Crippen molar-refractivity contribution in [1.82, 2.24) is 9.97 Å². The van der Waals surface area contributed by atoms with Crippen LogP contribution in [0.3, 0.4) is 0 Å². The van der Waals surface area contributed by atoms with Gasteiger partial charge >= 0.3 is 0 Å². The SMILES string of the molecule is CC1CN(c2nc3ccccc3[nH]c2=O)CCO1. The zero-order valence-electron chi connectivity index (χ0n) is 10.2. The molecule has 1 N–H and O–H groups in total. The Bertz CT molecular complexity index is 623. The molecule has 0 radical (unpaired) electrons. The lowest BCUT2D eigenvalue weighted by Gasteiger charge is -2.31. The first-order valence-corrected chi connectivity index (χ1v) is 6.09. The van der Waals surface area contributed by atoms with E-state index in [-0.39, 0.29) is 11.7 Å². The van der Waals surface area contributed by atoms with E-state index in [4.69, 9.17) is 4.74 Å². The Morgan fingerprint density at radius 1 is 1.44 bits per heavy atom. The number of benzene rings is 1. The number of anilines is 1. The summed E-state index contributed by atoms with van der Waals surface area (Å²) in [4.78, 5) is 21.4. The van der Waals surface area contributed by atoms with Crippen molar-refractivity contribution >= 4 is 16.9 Å². The van der Waals surface area contributed by atoms with Gasteiger partial charge in [-0.15, -0.1) is 0 Å². The van der Waals surface area contributed by atoms with Gasteiger partial charge in [-0.25, -0.2) is 4.98 Å². The van der Waals surface area contributed by atoms with Crippen LogP contribution in [0.15, 0.2) is 29.1 Å². The van der Waals surface area contributed by atoms with Crippen molar-refractivity contribution in [1.29, 1.82) is 0 Å². The first kappa shape index (κ1) is 11.2. The largest absolute Gasteiger partial charge is 0.375 e. The van der Waals surface area contributed by atoms with Crippen LogP contribution in [0.1, 0.15) is 6.92 Å². The molecule has 5 nitrogen and oxygen atoms in total. The normalized spacial score (nSPS) is 20.3. The Labute approximate surface area is 104 Å². The maximum atomic E-state index is 12.0. The number of aromatic nitrogens is 2. The van der Waals surface area contributed by atoms with Crippen molar-refractivity contribution in [2.24, 2.45) is 0 Å². The summed E-state index contributed by atoms with van der Waals surface area (Å²) in [6.45, 7) is 4.05. The van der Waals surface area contributed by atoms with Crippen molar-refractivity contribution in [3.8, 4) is 0 Å². The molecule has 0 bridgehead atoms. The Kier molecular flexibility index (Phi) is 2.76. The molecule has 0 aliphatic carbocycles. The summed E-state index contributed by atoms with van der Waals surface area (Å²) >= 11 is 0. The molecular weight excluding hydrogens is 230 g/mol. The second kappa shape index (κ2) is 4.42. The Morgan fingerprint density at radius 2 is 2.28 bits per heavy atom. The maximum Gasteiger partial charge on any atom is 0.291 e. The number of H-pyrrole nitrogens is 1. The number of hydrogen-bond acceptors (Lipinski definition) is 4. The topological polar surface area (TPSA) is 58.2 Å². The molecule has 18 heavy (non-hydrogen) atoms. The van der Waals surface area contributed by atoms with Crippen LogP contribution in [0.25, 0.3) is 11.0 Å². The quantitative estimate of drug-likeness (QED) is 0.818. The van der Waals surface area contributed by atoms with E-state index in [9.17, 15) is 4.79 Å². The summed E-state index contributed by atoms with van der Waals surface area (Å²) in [6, 6.07) is 7.56. The lowest BCUT2D eigenvalue weighted by atomic mass is 10.3. The van der Waals surface area contributed by atoms with Gasteiger partial charge in [0.1, 0.15) is 0 Å². The molecule has 1 aliphatic heterocycles. The Balaban J connectivity index is 2.05. The van der Waals surface area contributed by atoms with Crippen molar-refractivity contribution < 1.29 is 4.74 Å². The monoisotopic (exact) mass is 245 g/mol. The minimum atomic E-state index is -0.136. The van der Waals surface area contributed by atoms with Crippen molar-refractivity contribution in [2.75, 3.05) is 24.6 Å². The van der Waals surface area contributed by atoms with E-state index in [1.54, 1.807) is 0 Å². The zero-order valence-corrected chi connectivity index (χ0v) is 10.2. The molecular formula is C13H15N3O2. The second-order valence-corrected chi connectivity index (χ2v) is 4.53. The standard InChI is InChI=1S/C13H15N3O2/c1-9-8-16(6-7-18-9)12-13(17)15-11-5-3-2-4-10(11)14-12/h2-5,9H,6-8H2,1H3,(H,15,17). The van der Waals surface area contributed by atoms with Crippen molar-refractivity contribution in [3.63, 3.8) is 0 Å². The van der Waals surface area contributed by atoms with Crippen LogP contribution in [0.4, 0.5) is 5.82 Å². The number of ether oxygens (including phenoxy) is 1. The fourth-order valence-corrected chi connectivity index (χ4v) is 2.25. The van der Waals surface area contributed by atoms with E-state index in [2.05, 4.69) is 9.97 Å². The molecule has 3 rings (SSSR count). The molecule has 94 valence electrons. The van der Waals surface area contributed by atoms with E-state index >= 15 is 0 Å². The van der Waals surface area contributed by atoms with E-state index in [0.29, 0.717) is 25.5 Å². The van der Waals surface area contributed by atoms with Crippen LogP contribution < -0.4 is 10.5 Å². The number of nitrogens with one attached hydrogen (secondary N) is 1. The third-order valence-electron chi connectivity index (χ3n) is 3.12. The molecule has 1 aromatic carbocycles. The molecule has 1 saturated heterocycles. The molecule has 1 aliphatic rings. The van der Waals surface area contributed by atoms with Gasteiger partial charge in [0.25, 0.3) is 5.56 Å². The predicted octanol–water partition coefficient (Wildman–Crippen LogP) is 1.15. The molecule has 0 spiro atoms. The van der Waals surface area contributed by atoms with Gasteiger partial charge in [-0.05, 0) is 19.1 Å². The minimum Gasteiger partial charge on any atom is -0.375 e. The Morgan fingerprint density at radius 3 is 3.11 bits per heavy atom. The highest BCUT2D eigenvalue weighted by atomic mass is 16.5. The molecule has 2 heterocycles. The smallest absolute Gasteiger partial charge is 0.291 e. The number of hydrogen-bond donors (Lipinski definition) is 1. The molecule has 5 heteroatoms. The van der Waals surface area contributed by atoms with Gasteiger partial charge in [-0.2, -0.15) is 0 Å². The third kappa shape index (κ3) is 1.97. The lowest BCUT2D eigenvalue weighted by molar-refractivity contribution is 0.0528. The first-order valence-electron chi connectivity index (χ1n) is 6.09. The number of fused-ring (bicyclic) bond motifs is 1. The van der Waals surface area contributed by atoms with Gasteiger partial charge in [0.2, 0.25) is 0 Å². The second-order valence-electron chi connectivity index (χ2n) is 4.53. The first-order chi connectivity index (χ1) is 8.74. The van der Waals surface area contributed by atoms with E-state index in [0.717, 1.165) is 11.0 Å². The van der Waals surface area contributed by atoms with Crippen LogP contribution in [-0.2, 0) is 4.74 Å². The molecule has 1 aromatic heterocycles. The number of aromatic amines is 1. The van der Waals surface area contributed by atoms with Gasteiger partial charge in [0.15, 0.2) is 5.82 Å². The van der Waals surface area contributed by atoms with Crippen LogP contribution in [0, 0.1) is 0 Å². The summed E-state index contributed by atoms with van der Waals surface area (Å²) in [5, 5.41) is 0. The molecule has 1 atom stereocenters. The van der Waals surface area contributed by atoms with Crippen molar-refractivity contribution in [2.45, 2.75) is 13.0 Å². The van der Waals surface area contributed by atoms with Gasteiger partial charge < -0.3 is 14.6 Å². The summed E-state index contributed by atoms with van der Waals surface area (Å²) < 4.78 is 5.48. The van der Waals surface area contributed by atoms with E-state index in [1.807, 2.05) is 36.1 Å². The van der Waals surface area contributed by atoms with Crippen LogP contribution in [0.2, 0.25) is 0 Å². The number of nitrogens with zero attached hydrogens (tertiary/aromatic N) is 2. The predicted molar refractivity (Wildman–Crippen MR) is 70.0 cm³/mol. The molecule has 0 saturated carbocycles. The van der Waals surface area contributed by atoms with Crippen LogP contribution in [0.5, 0.6) is 0 Å². The molecule has 2 aromatic rings. The molecule has 1 unspecified atom stereocenters. The average molecular weight is 245 g/mol. The Hall–Kier alpha value is -1.88.